The van der Waals surface area contributed by atoms with Crippen molar-refractivity contribution in [3.05, 3.63) is 35.3 Å². The van der Waals surface area contributed by atoms with Gasteiger partial charge in [0.15, 0.2) is 16.1 Å². The van der Waals surface area contributed by atoms with Gasteiger partial charge in [0.2, 0.25) is 0 Å². The Morgan fingerprint density at radius 3 is 2.78 bits per heavy atom. The molecule has 0 bridgehead atoms. The fraction of sp³-hybridized carbons (Fsp3) is 0.421. The summed E-state index contributed by atoms with van der Waals surface area (Å²) in [7, 11) is 1.61. The van der Waals surface area contributed by atoms with Gasteiger partial charge in [-0.2, -0.15) is 0 Å². The van der Waals surface area contributed by atoms with Crippen molar-refractivity contribution in [2.24, 2.45) is 5.41 Å². The van der Waals surface area contributed by atoms with E-state index in [1.54, 1.807) is 21.0 Å². The molecule has 0 radical (unpaired) electrons. The van der Waals surface area contributed by atoms with Gasteiger partial charge < -0.3 is 19.5 Å². The lowest BCUT2D eigenvalue weighted by atomic mass is 9.78. The van der Waals surface area contributed by atoms with Crippen molar-refractivity contribution in [2.45, 2.75) is 38.4 Å². The van der Waals surface area contributed by atoms with Gasteiger partial charge in [-0.3, -0.25) is 9.59 Å². The lowest BCUT2D eigenvalue weighted by Gasteiger charge is -2.20. The number of benzene rings is 1. The van der Waals surface area contributed by atoms with Crippen molar-refractivity contribution in [3.63, 3.8) is 0 Å². The molecule has 7 nitrogen and oxygen atoms in total. The molecule has 0 amide bonds. The highest BCUT2D eigenvalue weighted by molar-refractivity contribution is 7.13. The standard InChI is InChI=1S/C19H20N2O5S/c1-11-8-19(15(22)25-11)10-18(2,26-16(19)23)14-9-27-17(21-14)20-12-6-4-5-7-13(12)24-3/h4-7,9,11H,8,10H2,1-3H3,(H,20,21)/t11-,18-,19+/m1/s1. The van der Waals surface area contributed by atoms with Gasteiger partial charge in [-0.05, 0) is 26.0 Å². The second-order valence-electron chi connectivity index (χ2n) is 7.16. The molecule has 8 heteroatoms. The number of para-hydroxylation sites is 2. The van der Waals surface area contributed by atoms with Crippen molar-refractivity contribution in [1.82, 2.24) is 4.98 Å². The number of carbonyl (C=O) groups is 2. The van der Waals surface area contributed by atoms with Gasteiger partial charge in [0.05, 0.1) is 18.5 Å². The highest BCUT2D eigenvalue weighted by Gasteiger charge is 2.65. The first-order valence-electron chi connectivity index (χ1n) is 8.67. The van der Waals surface area contributed by atoms with Crippen molar-refractivity contribution in [1.29, 1.82) is 0 Å². The number of hydrogen-bond acceptors (Lipinski definition) is 8. The minimum atomic E-state index is -1.21. The molecule has 2 aliphatic rings. The third-order valence-electron chi connectivity index (χ3n) is 5.08. The number of rotatable bonds is 4. The summed E-state index contributed by atoms with van der Waals surface area (Å²) in [5.74, 6) is -0.313. The van der Waals surface area contributed by atoms with E-state index in [1.165, 1.54) is 11.3 Å². The van der Waals surface area contributed by atoms with Crippen LogP contribution in [0.15, 0.2) is 29.6 Å². The van der Waals surface area contributed by atoms with Crippen molar-refractivity contribution < 1.29 is 23.8 Å². The first-order valence-corrected chi connectivity index (χ1v) is 9.55. The number of nitrogens with zero attached hydrogens (tertiary/aromatic N) is 1. The van der Waals surface area contributed by atoms with E-state index < -0.39 is 23.0 Å². The number of anilines is 2. The molecule has 2 aliphatic heterocycles. The van der Waals surface area contributed by atoms with E-state index in [1.807, 2.05) is 29.6 Å². The summed E-state index contributed by atoms with van der Waals surface area (Å²) in [6.07, 6.45) is 0.293. The van der Waals surface area contributed by atoms with E-state index in [2.05, 4.69) is 10.3 Å². The molecule has 3 heterocycles. The Balaban J connectivity index is 1.58. The quantitative estimate of drug-likeness (QED) is 0.635. The normalized spacial score (nSPS) is 29.7. The Morgan fingerprint density at radius 2 is 2.07 bits per heavy atom. The van der Waals surface area contributed by atoms with E-state index in [0.29, 0.717) is 23.0 Å². The van der Waals surface area contributed by atoms with E-state index in [4.69, 9.17) is 14.2 Å². The van der Waals surface area contributed by atoms with Crippen LogP contribution in [-0.2, 0) is 24.7 Å². The van der Waals surface area contributed by atoms with Crippen LogP contribution < -0.4 is 10.1 Å². The van der Waals surface area contributed by atoms with Crippen LogP contribution in [0.4, 0.5) is 10.8 Å². The summed E-state index contributed by atoms with van der Waals surface area (Å²) in [6, 6.07) is 7.53. The van der Waals surface area contributed by atoms with Crippen LogP contribution in [0.2, 0.25) is 0 Å². The molecule has 0 unspecified atom stereocenters. The minimum Gasteiger partial charge on any atom is -0.495 e. The Hall–Kier alpha value is -2.61. The summed E-state index contributed by atoms with van der Waals surface area (Å²) >= 11 is 1.40. The van der Waals surface area contributed by atoms with Crippen LogP contribution >= 0.6 is 11.3 Å². The first-order chi connectivity index (χ1) is 12.9. The monoisotopic (exact) mass is 388 g/mol. The number of thiazole rings is 1. The Morgan fingerprint density at radius 1 is 1.30 bits per heavy atom. The SMILES string of the molecule is COc1ccccc1Nc1nc([C@@]2(C)C[C@]3(C[C@@H](C)OC3=O)C(=O)O2)cs1. The largest absolute Gasteiger partial charge is 0.495 e. The van der Waals surface area contributed by atoms with Crippen LogP contribution in [-0.4, -0.2) is 30.1 Å². The third kappa shape index (κ3) is 2.84. The first kappa shape index (κ1) is 17.8. The summed E-state index contributed by atoms with van der Waals surface area (Å²) in [6.45, 7) is 3.57. The predicted octanol–water partition coefficient (Wildman–Crippen LogP) is 3.38. The summed E-state index contributed by atoms with van der Waals surface area (Å²) in [4.78, 5) is 29.4. The molecule has 0 aliphatic carbocycles. The highest BCUT2D eigenvalue weighted by Crippen LogP contribution is 2.52. The van der Waals surface area contributed by atoms with E-state index in [9.17, 15) is 9.59 Å². The summed E-state index contributed by atoms with van der Waals surface area (Å²) in [5.41, 5.74) is -0.771. The van der Waals surface area contributed by atoms with Crippen molar-refractivity contribution in [3.8, 4) is 5.75 Å². The lowest BCUT2D eigenvalue weighted by molar-refractivity contribution is -0.160. The number of methoxy groups -OCH3 is 1. The molecule has 1 N–H and O–H groups in total. The van der Waals surface area contributed by atoms with Crippen LogP contribution in [0.5, 0.6) is 5.75 Å². The molecule has 2 aromatic rings. The molecule has 3 atom stereocenters. The van der Waals surface area contributed by atoms with Crippen molar-refractivity contribution in [2.75, 3.05) is 12.4 Å². The number of esters is 2. The average Bonchev–Trinajstić information content (AvgIpc) is 3.27. The fourth-order valence-electron chi connectivity index (χ4n) is 3.79. The molecule has 0 saturated carbocycles. The maximum absolute atomic E-state index is 12.5. The number of ether oxygens (including phenoxy) is 3. The van der Waals surface area contributed by atoms with Gasteiger partial charge in [0, 0.05) is 18.2 Å². The molecular formula is C19H20N2O5S. The van der Waals surface area contributed by atoms with Crippen LogP contribution in [0.25, 0.3) is 0 Å². The van der Waals surface area contributed by atoms with Crippen molar-refractivity contribution >= 4 is 34.1 Å². The van der Waals surface area contributed by atoms with Gasteiger partial charge >= 0.3 is 11.9 Å². The maximum atomic E-state index is 12.5. The molecule has 4 rings (SSSR count). The van der Waals surface area contributed by atoms with E-state index >= 15 is 0 Å². The van der Waals surface area contributed by atoms with Gasteiger partial charge in [-0.1, -0.05) is 12.1 Å². The van der Waals surface area contributed by atoms with Crippen LogP contribution in [0.1, 0.15) is 32.4 Å². The molecule has 2 saturated heterocycles. The Kier molecular flexibility index (Phi) is 4.10. The number of carbonyl (C=O) groups excluding carboxylic acids is 2. The molecule has 1 spiro atoms. The second-order valence-corrected chi connectivity index (χ2v) is 8.02. The zero-order chi connectivity index (χ0) is 19.2. The summed E-state index contributed by atoms with van der Waals surface area (Å²) < 4.78 is 16.2. The number of hydrogen-bond donors (Lipinski definition) is 1. The average molecular weight is 388 g/mol. The molecule has 1 aromatic carbocycles. The zero-order valence-corrected chi connectivity index (χ0v) is 16.1. The number of aromatic nitrogens is 1. The topological polar surface area (TPSA) is 86.8 Å². The zero-order valence-electron chi connectivity index (χ0n) is 15.3. The van der Waals surface area contributed by atoms with Crippen LogP contribution in [0.3, 0.4) is 0 Å². The summed E-state index contributed by atoms with van der Waals surface area (Å²) in [5, 5.41) is 5.71. The minimum absolute atomic E-state index is 0.236. The van der Waals surface area contributed by atoms with Crippen LogP contribution in [0, 0.1) is 5.41 Å². The van der Waals surface area contributed by atoms with Gasteiger partial charge in [0.25, 0.3) is 0 Å². The van der Waals surface area contributed by atoms with Gasteiger partial charge in [-0.15, -0.1) is 11.3 Å². The number of cyclic esters (lactones) is 2. The highest BCUT2D eigenvalue weighted by atomic mass is 32.1. The molecule has 27 heavy (non-hydrogen) atoms. The fourth-order valence-corrected chi connectivity index (χ4v) is 4.63. The maximum Gasteiger partial charge on any atom is 0.324 e. The molecule has 2 fully saturated rings. The smallest absolute Gasteiger partial charge is 0.324 e. The second kappa shape index (κ2) is 6.23. The Labute approximate surface area is 160 Å². The van der Waals surface area contributed by atoms with E-state index in [-0.39, 0.29) is 12.5 Å². The number of nitrogens with one attached hydrogen (secondary N) is 1. The Bertz CT molecular complexity index is 913. The third-order valence-corrected chi connectivity index (χ3v) is 5.83. The van der Waals surface area contributed by atoms with Gasteiger partial charge in [-0.25, -0.2) is 4.98 Å². The lowest BCUT2D eigenvalue weighted by Crippen LogP contribution is -2.31. The molecular weight excluding hydrogens is 368 g/mol. The van der Waals surface area contributed by atoms with Gasteiger partial charge in [0.1, 0.15) is 11.9 Å². The van der Waals surface area contributed by atoms with E-state index in [0.717, 1.165) is 5.69 Å². The predicted molar refractivity (Wildman–Crippen MR) is 99.1 cm³/mol. The molecule has 142 valence electrons. The molecule has 1 aromatic heterocycles.